The number of thioether (sulfide) groups is 1. The molecule has 0 amide bonds. The number of hydrogen-bond donors (Lipinski definition) is 0. The molecule has 1 unspecified atom stereocenters. The largest absolute Gasteiger partial charge is 0.376 e. The number of ether oxygens (including phenoxy) is 1. The van der Waals surface area contributed by atoms with Crippen LogP contribution in [0.5, 0.6) is 0 Å². The molecule has 0 aliphatic heterocycles. The van der Waals surface area contributed by atoms with Gasteiger partial charge >= 0.3 is 0 Å². The smallest absolute Gasteiger partial charge is 0.200 e. The molecule has 0 radical (unpaired) electrons. The van der Waals surface area contributed by atoms with E-state index in [1.54, 1.807) is 6.26 Å². The first-order valence-corrected chi connectivity index (χ1v) is 5.88. The Hall–Kier alpha value is -0.820. The molecule has 0 aliphatic rings. The van der Waals surface area contributed by atoms with Crippen LogP contribution in [-0.2, 0) is 4.74 Å². The fourth-order valence-corrected chi connectivity index (χ4v) is 1.93. The van der Waals surface area contributed by atoms with Crippen LogP contribution in [0.1, 0.15) is 11.7 Å². The number of halogens is 5. The van der Waals surface area contributed by atoms with Gasteiger partial charge in [-0.15, -0.1) is 0 Å². The minimum atomic E-state index is -2.16. The van der Waals surface area contributed by atoms with Crippen molar-refractivity contribution in [2.24, 2.45) is 0 Å². The van der Waals surface area contributed by atoms with Crippen molar-refractivity contribution in [3.8, 4) is 0 Å². The molecule has 17 heavy (non-hydrogen) atoms. The standard InChI is InChI=1S/C10H9F5OS/c1-16-4(3-17-2)5-6(11)8(13)10(15)9(14)7(5)12/h4H,3H2,1-2H3. The monoisotopic (exact) mass is 272 g/mol. The summed E-state index contributed by atoms with van der Waals surface area (Å²) in [5.74, 6) is -9.69. The van der Waals surface area contributed by atoms with Gasteiger partial charge in [0.05, 0.1) is 11.7 Å². The van der Waals surface area contributed by atoms with Crippen LogP contribution in [0, 0.1) is 29.1 Å². The predicted molar refractivity (Wildman–Crippen MR) is 54.4 cm³/mol. The third-order valence-electron chi connectivity index (χ3n) is 2.17. The average molecular weight is 272 g/mol. The van der Waals surface area contributed by atoms with Crippen LogP contribution < -0.4 is 0 Å². The van der Waals surface area contributed by atoms with Crippen molar-refractivity contribution in [1.82, 2.24) is 0 Å². The molecule has 0 bridgehead atoms. The molecule has 0 heterocycles. The second-order valence-electron chi connectivity index (χ2n) is 3.16. The Morgan fingerprint density at radius 1 is 0.941 bits per heavy atom. The molecule has 7 heteroatoms. The van der Waals surface area contributed by atoms with Gasteiger partial charge < -0.3 is 4.74 Å². The van der Waals surface area contributed by atoms with Crippen LogP contribution in [-0.4, -0.2) is 19.1 Å². The van der Waals surface area contributed by atoms with E-state index in [9.17, 15) is 22.0 Å². The Morgan fingerprint density at radius 3 is 1.71 bits per heavy atom. The summed E-state index contributed by atoms with van der Waals surface area (Å²) in [7, 11) is 1.14. The van der Waals surface area contributed by atoms with Crippen LogP contribution in [0.15, 0.2) is 0 Å². The lowest BCUT2D eigenvalue weighted by Crippen LogP contribution is -2.14. The molecule has 0 aliphatic carbocycles. The highest BCUT2D eigenvalue weighted by Gasteiger charge is 2.30. The maximum atomic E-state index is 13.4. The summed E-state index contributed by atoms with van der Waals surface area (Å²) in [5, 5.41) is 0. The molecule has 0 saturated heterocycles. The van der Waals surface area contributed by atoms with Crippen LogP contribution in [0.2, 0.25) is 0 Å². The van der Waals surface area contributed by atoms with E-state index in [4.69, 9.17) is 4.74 Å². The lowest BCUT2D eigenvalue weighted by atomic mass is 10.1. The first kappa shape index (κ1) is 14.2. The van der Waals surface area contributed by atoms with Crippen LogP contribution in [0.4, 0.5) is 22.0 Å². The first-order valence-electron chi connectivity index (χ1n) is 4.48. The van der Waals surface area contributed by atoms with Crippen LogP contribution in [0.3, 0.4) is 0 Å². The van der Waals surface area contributed by atoms with Gasteiger partial charge in [0, 0.05) is 12.9 Å². The number of benzene rings is 1. The normalized spacial score (nSPS) is 12.9. The van der Waals surface area contributed by atoms with E-state index >= 15 is 0 Å². The van der Waals surface area contributed by atoms with Gasteiger partial charge in [-0.3, -0.25) is 0 Å². The van der Waals surface area contributed by atoms with Gasteiger partial charge in [-0.2, -0.15) is 11.8 Å². The summed E-state index contributed by atoms with van der Waals surface area (Å²) >= 11 is 1.17. The Labute approximate surface area is 99.0 Å². The topological polar surface area (TPSA) is 9.23 Å². The van der Waals surface area contributed by atoms with Gasteiger partial charge in [0.2, 0.25) is 5.82 Å². The van der Waals surface area contributed by atoms with Gasteiger partial charge in [0.1, 0.15) is 0 Å². The number of rotatable bonds is 4. The molecule has 0 aromatic heterocycles. The average Bonchev–Trinajstić information content (AvgIpc) is 2.33. The van der Waals surface area contributed by atoms with Crippen molar-refractivity contribution >= 4 is 11.8 Å². The zero-order valence-corrected chi connectivity index (χ0v) is 9.81. The van der Waals surface area contributed by atoms with Crippen molar-refractivity contribution in [3.63, 3.8) is 0 Å². The van der Waals surface area contributed by atoms with E-state index in [1.807, 2.05) is 0 Å². The molecule has 1 nitrogen and oxygen atoms in total. The third kappa shape index (κ3) is 2.55. The minimum Gasteiger partial charge on any atom is -0.376 e. The number of hydrogen-bond acceptors (Lipinski definition) is 2. The zero-order chi connectivity index (χ0) is 13.2. The zero-order valence-electron chi connectivity index (χ0n) is 8.99. The summed E-state index contributed by atoms with van der Waals surface area (Å²) in [5.41, 5.74) is -0.932. The molecule has 96 valence electrons. The highest BCUT2D eigenvalue weighted by molar-refractivity contribution is 7.98. The molecular formula is C10H9F5OS. The molecular weight excluding hydrogens is 263 g/mol. The van der Waals surface area contributed by atoms with E-state index in [-0.39, 0.29) is 5.75 Å². The van der Waals surface area contributed by atoms with E-state index < -0.39 is 40.8 Å². The highest BCUT2D eigenvalue weighted by atomic mass is 32.2. The lowest BCUT2D eigenvalue weighted by Gasteiger charge is -2.17. The Kier molecular flexibility index (Phi) is 4.76. The van der Waals surface area contributed by atoms with Gasteiger partial charge in [-0.1, -0.05) is 0 Å². The second kappa shape index (κ2) is 5.68. The van der Waals surface area contributed by atoms with Gasteiger partial charge in [0.15, 0.2) is 23.3 Å². The summed E-state index contributed by atoms with van der Waals surface area (Å²) in [6.45, 7) is 0. The fraction of sp³-hybridized carbons (Fsp3) is 0.400. The summed E-state index contributed by atoms with van der Waals surface area (Å²) in [6.07, 6.45) is 0.438. The predicted octanol–water partition coefficient (Wildman–Crippen LogP) is 3.43. The Morgan fingerprint density at radius 2 is 1.35 bits per heavy atom. The van der Waals surface area contributed by atoms with Crippen molar-refractivity contribution in [2.75, 3.05) is 19.1 Å². The van der Waals surface area contributed by atoms with E-state index in [0.29, 0.717) is 0 Å². The summed E-state index contributed by atoms with van der Waals surface area (Å²) < 4.78 is 70.0. The minimum absolute atomic E-state index is 0.0782. The molecule has 1 aromatic rings. The molecule has 1 atom stereocenters. The molecule has 0 saturated carbocycles. The SMILES string of the molecule is COC(CSC)c1c(F)c(F)c(F)c(F)c1F. The van der Waals surface area contributed by atoms with Crippen molar-refractivity contribution in [3.05, 3.63) is 34.6 Å². The maximum Gasteiger partial charge on any atom is 0.200 e. The fourth-order valence-electron chi connectivity index (χ4n) is 1.33. The lowest BCUT2D eigenvalue weighted by molar-refractivity contribution is 0.114. The molecule has 0 fully saturated rings. The summed E-state index contributed by atoms with van der Waals surface area (Å²) in [4.78, 5) is 0. The van der Waals surface area contributed by atoms with Crippen molar-refractivity contribution in [2.45, 2.75) is 6.10 Å². The molecule has 0 N–H and O–H groups in total. The van der Waals surface area contributed by atoms with Crippen molar-refractivity contribution in [1.29, 1.82) is 0 Å². The molecule has 1 rings (SSSR count). The Bertz CT molecular complexity index is 395. The summed E-state index contributed by atoms with van der Waals surface area (Å²) in [6, 6.07) is 0. The molecule has 0 spiro atoms. The highest BCUT2D eigenvalue weighted by Crippen LogP contribution is 2.30. The van der Waals surface area contributed by atoms with E-state index in [1.165, 1.54) is 11.8 Å². The van der Waals surface area contributed by atoms with Gasteiger partial charge in [-0.25, -0.2) is 22.0 Å². The van der Waals surface area contributed by atoms with Crippen LogP contribution >= 0.6 is 11.8 Å². The Balaban J connectivity index is 3.41. The maximum absolute atomic E-state index is 13.4. The molecule has 1 aromatic carbocycles. The van der Waals surface area contributed by atoms with E-state index in [2.05, 4.69) is 0 Å². The van der Waals surface area contributed by atoms with Crippen LogP contribution in [0.25, 0.3) is 0 Å². The van der Waals surface area contributed by atoms with Crippen molar-refractivity contribution < 1.29 is 26.7 Å². The van der Waals surface area contributed by atoms with Gasteiger partial charge in [-0.05, 0) is 6.26 Å². The third-order valence-corrected chi connectivity index (χ3v) is 2.80. The first-order chi connectivity index (χ1) is 7.95. The van der Waals surface area contributed by atoms with E-state index in [0.717, 1.165) is 7.11 Å². The number of methoxy groups -OCH3 is 1. The second-order valence-corrected chi connectivity index (χ2v) is 4.07. The quantitative estimate of drug-likeness (QED) is 0.472. The van der Waals surface area contributed by atoms with Gasteiger partial charge in [0.25, 0.3) is 0 Å².